The largest absolute Gasteiger partial charge is 0.496 e. The van der Waals surface area contributed by atoms with Crippen LogP contribution in [0.15, 0.2) is 48.5 Å². The molecule has 0 atom stereocenters. The van der Waals surface area contributed by atoms with Crippen LogP contribution in [0.2, 0.25) is 0 Å². The van der Waals surface area contributed by atoms with E-state index in [1.165, 1.54) is 25.3 Å². The number of nitrogens with zero attached hydrogens (tertiary/aromatic N) is 1. The predicted octanol–water partition coefficient (Wildman–Crippen LogP) is 4.22. The molecule has 8 nitrogen and oxygen atoms in total. The van der Waals surface area contributed by atoms with Gasteiger partial charge in [0.05, 0.1) is 17.6 Å². The number of urea groups is 1. The van der Waals surface area contributed by atoms with Crippen LogP contribution >= 0.6 is 0 Å². The zero-order valence-corrected chi connectivity index (χ0v) is 14.7. The molecule has 8 heteroatoms. The van der Waals surface area contributed by atoms with E-state index in [0.717, 1.165) is 0 Å². The SMILES string of the molecule is C#CO/C(=C\C)c1ccc(NC(=O)Nc2cccc([N+](=O)[O-])c2)cc1OC. The summed E-state index contributed by atoms with van der Waals surface area (Å²) in [4.78, 5) is 22.4. The zero-order chi connectivity index (χ0) is 19.8. The van der Waals surface area contributed by atoms with E-state index >= 15 is 0 Å². The molecule has 2 N–H and O–H groups in total. The second-order valence-corrected chi connectivity index (χ2v) is 5.17. The molecule has 0 heterocycles. The van der Waals surface area contributed by atoms with Gasteiger partial charge in [-0.3, -0.25) is 10.1 Å². The fourth-order valence-electron chi connectivity index (χ4n) is 2.30. The van der Waals surface area contributed by atoms with Gasteiger partial charge in [0.2, 0.25) is 0 Å². The highest BCUT2D eigenvalue weighted by atomic mass is 16.6. The van der Waals surface area contributed by atoms with Gasteiger partial charge in [-0.25, -0.2) is 4.79 Å². The minimum atomic E-state index is -0.559. The molecule has 0 unspecified atom stereocenters. The number of hydrogen-bond acceptors (Lipinski definition) is 5. The van der Waals surface area contributed by atoms with E-state index in [1.807, 2.05) is 0 Å². The molecule has 2 amide bonds. The standard InChI is InChI=1S/C19H17N3O5/c1-4-17(27-5-2)16-10-9-14(12-18(16)26-3)21-19(23)20-13-7-6-8-15(11-13)22(24)25/h2,4,6-12H,1,3H3,(H2,20,21,23)/b17-4-. The first-order valence-electron chi connectivity index (χ1n) is 7.78. The van der Waals surface area contributed by atoms with Gasteiger partial charge in [-0.2, -0.15) is 0 Å². The van der Waals surface area contributed by atoms with E-state index in [-0.39, 0.29) is 5.69 Å². The number of benzene rings is 2. The van der Waals surface area contributed by atoms with Crippen LogP contribution in [0.25, 0.3) is 5.76 Å². The van der Waals surface area contributed by atoms with Gasteiger partial charge < -0.3 is 20.1 Å². The number of nitrogens with one attached hydrogen (secondary N) is 2. The molecule has 0 saturated carbocycles. The van der Waals surface area contributed by atoms with Crippen molar-refractivity contribution in [2.45, 2.75) is 6.92 Å². The summed E-state index contributed by atoms with van der Waals surface area (Å²) >= 11 is 0. The Hall–Kier alpha value is -3.99. The molecule has 0 aliphatic heterocycles. The fourth-order valence-corrected chi connectivity index (χ4v) is 2.30. The fraction of sp³-hybridized carbons (Fsp3) is 0.105. The van der Waals surface area contributed by atoms with Crippen molar-refractivity contribution in [3.63, 3.8) is 0 Å². The maximum absolute atomic E-state index is 12.1. The number of nitro benzene ring substituents is 1. The Morgan fingerprint density at radius 1 is 1.22 bits per heavy atom. The molecular weight excluding hydrogens is 350 g/mol. The van der Waals surface area contributed by atoms with E-state index in [2.05, 4.69) is 16.7 Å². The van der Waals surface area contributed by atoms with Crippen molar-refractivity contribution in [1.82, 2.24) is 0 Å². The topological polar surface area (TPSA) is 103 Å². The molecule has 0 aliphatic carbocycles. The smallest absolute Gasteiger partial charge is 0.323 e. The number of hydrogen-bond donors (Lipinski definition) is 2. The summed E-state index contributed by atoms with van der Waals surface area (Å²) in [6, 6.07) is 10.0. The number of anilines is 2. The van der Waals surface area contributed by atoms with Crippen molar-refractivity contribution in [1.29, 1.82) is 0 Å². The highest BCUT2D eigenvalue weighted by Gasteiger charge is 2.12. The van der Waals surface area contributed by atoms with Crippen LogP contribution < -0.4 is 15.4 Å². The summed E-state index contributed by atoms with van der Waals surface area (Å²) in [5.41, 5.74) is 1.26. The molecule has 0 saturated heterocycles. The molecule has 0 aromatic heterocycles. The molecule has 0 spiro atoms. The minimum absolute atomic E-state index is 0.119. The first kappa shape index (κ1) is 19.3. The maximum Gasteiger partial charge on any atom is 0.323 e. The predicted molar refractivity (Wildman–Crippen MR) is 102 cm³/mol. The van der Waals surface area contributed by atoms with E-state index in [9.17, 15) is 14.9 Å². The van der Waals surface area contributed by atoms with Gasteiger partial charge >= 0.3 is 6.03 Å². The third kappa shape index (κ3) is 4.99. The molecule has 0 aliphatic rings. The summed E-state index contributed by atoms with van der Waals surface area (Å²) in [5, 5.41) is 16.0. The second-order valence-electron chi connectivity index (χ2n) is 5.17. The molecule has 0 radical (unpaired) electrons. The van der Waals surface area contributed by atoms with Crippen LogP contribution in [0.4, 0.5) is 21.9 Å². The molecule has 138 valence electrons. The monoisotopic (exact) mass is 367 g/mol. The number of non-ortho nitro benzene ring substituents is 1. The number of allylic oxidation sites excluding steroid dienone is 1. The van der Waals surface area contributed by atoms with Crippen LogP contribution in [0.3, 0.4) is 0 Å². The lowest BCUT2D eigenvalue weighted by molar-refractivity contribution is -0.384. The maximum atomic E-state index is 12.1. The first-order valence-corrected chi connectivity index (χ1v) is 7.78. The third-order valence-electron chi connectivity index (χ3n) is 3.47. The molecule has 27 heavy (non-hydrogen) atoms. The van der Waals surface area contributed by atoms with Crippen molar-refractivity contribution >= 4 is 28.9 Å². The number of terminal acetylenes is 1. The van der Waals surface area contributed by atoms with Gasteiger partial charge in [-0.1, -0.05) is 12.5 Å². The van der Waals surface area contributed by atoms with E-state index in [4.69, 9.17) is 15.9 Å². The molecular formula is C19H17N3O5. The van der Waals surface area contributed by atoms with Gasteiger partial charge in [0, 0.05) is 29.6 Å². The lowest BCUT2D eigenvalue weighted by Gasteiger charge is -2.13. The van der Waals surface area contributed by atoms with Crippen molar-refractivity contribution in [3.8, 4) is 18.3 Å². The zero-order valence-electron chi connectivity index (χ0n) is 14.7. The summed E-state index contributed by atoms with van der Waals surface area (Å²) in [6.45, 7) is 1.77. The summed E-state index contributed by atoms with van der Waals surface area (Å²) in [6.07, 6.45) is 8.97. The van der Waals surface area contributed by atoms with Gasteiger partial charge in [0.25, 0.3) is 5.69 Å². The van der Waals surface area contributed by atoms with Crippen molar-refractivity contribution in [2.24, 2.45) is 0 Å². The van der Waals surface area contributed by atoms with Crippen molar-refractivity contribution in [2.75, 3.05) is 17.7 Å². The average Bonchev–Trinajstić information content (AvgIpc) is 2.66. The first-order chi connectivity index (χ1) is 13.0. The number of amides is 2. The summed E-state index contributed by atoms with van der Waals surface area (Å²) in [7, 11) is 1.48. The minimum Gasteiger partial charge on any atom is -0.496 e. The second kappa shape index (κ2) is 8.92. The quantitative estimate of drug-likeness (QED) is 0.344. The van der Waals surface area contributed by atoms with E-state index < -0.39 is 11.0 Å². The van der Waals surface area contributed by atoms with E-state index in [0.29, 0.717) is 28.4 Å². The van der Waals surface area contributed by atoms with E-state index in [1.54, 1.807) is 37.3 Å². The van der Waals surface area contributed by atoms with Gasteiger partial charge in [-0.05, 0) is 31.2 Å². The highest BCUT2D eigenvalue weighted by molar-refractivity contribution is 6.00. The van der Waals surface area contributed by atoms with Crippen molar-refractivity contribution < 1.29 is 19.2 Å². The Morgan fingerprint density at radius 3 is 2.52 bits per heavy atom. The highest BCUT2D eigenvalue weighted by Crippen LogP contribution is 2.30. The van der Waals surface area contributed by atoms with Crippen LogP contribution in [0, 0.1) is 22.6 Å². The Kier molecular flexibility index (Phi) is 6.39. The Morgan fingerprint density at radius 2 is 1.93 bits per heavy atom. The molecule has 2 aromatic rings. The third-order valence-corrected chi connectivity index (χ3v) is 3.47. The van der Waals surface area contributed by atoms with Crippen LogP contribution in [0.5, 0.6) is 5.75 Å². The normalized spacial score (nSPS) is 10.5. The van der Waals surface area contributed by atoms with Crippen molar-refractivity contribution in [3.05, 3.63) is 64.2 Å². The van der Waals surface area contributed by atoms with Gasteiger partial charge in [0.15, 0.2) is 0 Å². The summed E-state index contributed by atoms with van der Waals surface area (Å²) < 4.78 is 10.4. The van der Waals surface area contributed by atoms with Crippen LogP contribution in [-0.2, 0) is 4.74 Å². The number of carbonyl (C=O) groups is 1. The lowest BCUT2D eigenvalue weighted by atomic mass is 10.1. The van der Waals surface area contributed by atoms with Gasteiger partial charge in [-0.15, -0.1) is 0 Å². The molecule has 0 fully saturated rings. The number of methoxy groups -OCH3 is 1. The number of nitro groups is 1. The molecule has 2 aromatic carbocycles. The number of rotatable bonds is 6. The Bertz CT molecular complexity index is 931. The Labute approximate surface area is 155 Å². The average molecular weight is 367 g/mol. The molecule has 0 bridgehead atoms. The van der Waals surface area contributed by atoms with Gasteiger partial charge in [0.1, 0.15) is 17.6 Å². The number of carbonyl (C=O) groups excluding carboxylic acids is 1. The molecule has 2 rings (SSSR count). The Balaban J connectivity index is 2.15. The summed E-state index contributed by atoms with van der Waals surface area (Å²) in [5.74, 6) is 0.897. The van der Waals surface area contributed by atoms with Crippen LogP contribution in [0.1, 0.15) is 12.5 Å². The lowest BCUT2D eigenvalue weighted by Crippen LogP contribution is -2.19. The number of ether oxygens (including phenoxy) is 2. The van der Waals surface area contributed by atoms with Crippen LogP contribution in [-0.4, -0.2) is 18.1 Å².